The molecule has 8 rings (SSSR count). The fourth-order valence-corrected chi connectivity index (χ4v) is 8.51. The van der Waals surface area contributed by atoms with Crippen LogP contribution < -0.4 is 9.64 Å². The summed E-state index contributed by atoms with van der Waals surface area (Å²) in [5.74, 6) is 0.883. The zero-order chi connectivity index (χ0) is 31.6. The number of aromatic hydroxyl groups is 1. The highest BCUT2D eigenvalue weighted by molar-refractivity contribution is 5.92. The number of fused-ring (bicyclic) bond motifs is 5. The van der Waals surface area contributed by atoms with Gasteiger partial charge < -0.3 is 24.4 Å². The van der Waals surface area contributed by atoms with Crippen molar-refractivity contribution < 1.29 is 23.8 Å². The summed E-state index contributed by atoms with van der Waals surface area (Å²) in [5.41, 5.74) is 4.54. The fourth-order valence-electron chi connectivity index (χ4n) is 8.51. The SMILES string of the molecule is CN(C)C(=O)c1cc2n(n1)CCCN(c1nc(OC[C@@]34CCCN3C[C@H](F)C4)nc3c1CO[C@]1(CCCc4ccc(O)cc41)C3)C2. The predicted molar refractivity (Wildman–Crippen MR) is 168 cm³/mol. The Morgan fingerprint density at radius 1 is 1.15 bits per heavy atom. The Morgan fingerprint density at radius 3 is 2.91 bits per heavy atom. The number of alkyl halides is 1. The van der Waals surface area contributed by atoms with Crippen LogP contribution in [0.1, 0.15) is 77.1 Å². The Kier molecular flexibility index (Phi) is 7.20. The van der Waals surface area contributed by atoms with Crippen molar-refractivity contribution in [1.82, 2.24) is 29.5 Å². The van der Waals surface area contributed by atoms with Crippen molar-refractivity contribution in [3.63, 3.8) is 0 Å². The van der Waals surface area contributed by atoms with Crippen molar-refractivity contribution in [2.75, 3.05) is 45.2 Å². The second-order valence-corrected chi connectivity index (χ2v) is 14.0. The van der Waals surface area contributed by atoms with Crippen molar-refractivity contribution >= 4 is 11.7 Å². The number of phenols is 1. The molecular weight excluding hydrogens is 589 g/mol. The number of carbonyl (C=O) groups excluding carboxylic acids is 1. The smallest absolute Gasteiger partial charge is 0.318 e. The highest BCUT2D eigenvalue weighted by Crippen LogP contribution is 2.47. The lowest BCUT2D eigenvalue weighted by Crippen LogP contribution is -2.44. The predicted octanol–water partition coefficient (Wildman–Crippen LogP) is 3.75. The van der Waals surface area contributed by atoms with Gasteiger partial charge in [-0.2, -0.15) is 15.1 Å². The Labute approximate surface area is 268 Å². The molecule has 0 bridgehead atoms. The van der Waals surface area contributed by atoms with E-state index in [1.165, 1.54) is 5.56 Å². The molecule has 1 spiro atoms. The van der Waals surface area contributed by atoms with Gasteiger partial charge in [-0.3, -0.25) is 14.4 Å². The van der Waals surface area contributed by atoms with Crippen LogP contribution in [0.25, 0.3) is 0 Å². The van der Waals surface area contributed by atoms with Gasteiger partial charge in [0.25, 0.3) is 5.91 Å². The number of amides is 1. The second-order valence-electron chi connectivity index (χ2n) is 14.0. The van der Waals surface area contributed by atoms with Crippen molar-refractivity contribution in [3.8, 4) is 11.8 Å². The fraction of sp³-hybridized carbons (Fsp3) is 0.588. The highest BCUT2D eigenvalue weighted by atomic mass is 19.1. The molecule has 0 saturated carbocycles. The number of carbonyl (C=O) groups is 1. The molecule has 11 nitrogen and oxygen atoms in total. The lowest BCUT2D eigenvalue weighted by atomic mass is 9.75. The summed E-state index contributed by atoms with van der Waals surface area (Å²) in [5, 5.41) is 15.0. The molecule has 3 atom stereocenters. The van der Waals surface area contributed by atoms with Gasteiger partial charge in [-0.1, -0.05) is 6.07 Å². The maximum atomic E-state index is 14.6. The summed E-state index contributed by atoms with van der Waals surface area (Å²) < 4.78 is 29.7. The Balaban J connectivity index is 1.16. The minimum atomic E-state index is -0.838. The molecule has 4 aliphatic heterocycles. The molecule has 1 aromatic carbocycles. The molecule has 3 aromatic rings. The number of rotatable bonds is 5. The number of benzene rings is 1. The van der Waals surface area contributed by atoms with Crippen molar-refractivity contribution in [3.05, 3.63) is 58.0 Å². The molecule has 5 aliphatic rings. The lowest BCUT2D eigenvalue weighted by Gasteiger charge is -2.43. The summed E-state index contributed by atoms with van der Waals surface area (Å²) in [7, 11) is 3.47. The molecule has 244 valence electrons. The first kappa shape index (κ1) is 29.6. The van der Waals surface area contributed by atoms with Gasteiger partial charge in [0.05, 0.1) is 35.7 Å². The second kappa shape index (κ2) is 11.2. The van der Waals surface area contributed by atoms with E-state index in [4.69, 9.17) is 19.4 Å². The zero-order valence-corrected chi connectivity index (χ0v) is 26.7. The van der Waals surface area contributed by atoms with Crippen molar-refractivity contribution in [1.29, 1.82) is 0 Å². The minimum absolute atomic E-state index is 0.123. The zero-order valence-electron chi connectivity index (χ0n) is 26.7. The largest absolute Gasteiger partial charge is 0.508 e. The number of hydrogen-bond donors (Lipinski definition) is 1. The molecule has 0 radical (unpaired) electrons. The van der Waals surface area contributed by atoms with Crippen LogP contribution in [0.15, 0.2) is 24.3 Å². The van der Waals surface area contributed by atoms with Crippen LogP contribution in [0.2, 0.25) is 0 Å². The third-order valence-corrected chi connectivity index (χ3v) is 10.8. The Morgan fingerprint density at radius 2 is 2.04 bits per heavy atom. The van der Waals surface area contributed by atoms with E-state index in [1.807, 2.05) is 22.9 Å². The van der Waals surface area contributed by atoms with Gasteiger partial charge in [0.2, 0.25) is 0 Å². The number of phenolic OH excluding ortho intramolecular Hbond substituents is 1. The minimum Gasteiger partial charge on any atom is -0.508 e. The molecule has 46 heavy (non-hydrogen) atoms. The summed E-state index contributed by atoms with van der Waals surface area (Å²) in [6, 6.07) is 7.79. The highest BCUT2D eigenvalue weighted by Gasteiger charge is 2.50. The lowest BCUT2D eigenvalue weighted by molar-refractivity contribution is -0.0856. The first-order chi connectivity index (χ1) is 22.2. The quantitative estimate of drug-likeness (QED) is 0.451. The van der Waals surface area contributed by atoms with Crippen LogP contribution >= 0.6 is 0 Å². The Bertz CT molecular complexity index is 1680. The maximum Gasteiger partial charge on any atom is 0.318 e. The van der Waals surface area contributed by atoms with Crippen LogP contribution in [0, 0.1) is 0 Å². The molecular formula is C34H42FN7O4. The molecule has 1 amide bonds. The summed E-state index contributed by atoms with van der Waals surface area (Å²) in [6.07, 6.45) is 5.73. The molecule has 2 saturated heterocycles. The number of nitrogens with zero attached hydrogens (tertiary/aromatic N) is 7. The van der Waals surface area contributed by atoms with Crippen LogP contribution in [-0.2, 0) is 42.9 Å². The van der Waals surface area contributed by atoms with E-state index < -0.39 is 11.8 Å². The van der Waals surface area contributed by atoms with E-state index >= 15 is 0 Å². The van der Waals surface area contributed by atoms with Crippen LogP contribution in [0.4, 0.5) is 10.2 Å². The Hall–Kier alpha value is -3.77. The first-order valence-corrected chi connectivity index (χ1v) is 16.6. The van der Waals surface area contributed by atoms with Gasteiger partial charge in [-0.05, 0) is 74.4 Å². The number of hydrogen-bond acceptors (Lipinski definition) is 9. The third-order valence-electron chi connectivity index (χ3n) is 10.8. The number of aryl methyl sites for hydroxylation is 2. The maximum absolute atomic E-state index is 14.6. The van der Waals surface area contributed by atoms with Gasteiger partial charge in [0, 0.05) is 52.1 Å². The summed E-state index contributed by atoms with van der Waals surface area (Å²) in [6.45, 7) is 4.02. The molecule has 0 unspecified atom stereocenters. The van der Waals surface area contributed by atoms with E-state index in [2.05, 4.69) is 14.9 Å². The van der Waals surface area contributed by atoms with E-state index in [0.717, 1.165) is 79.9 Å². The summed E-state index contributed by atoms with van der Waals surface area (Å²) in [4.78, 5) is 28.8. The number of anilines is 1. The van der Waals surface area contributed by atoms with E-state index in [-0.39, 0.29) is 17.2 Å². The van der Waals surface area contributed by atoms with E-state index in [1.54, 1.807) is 25.1 Å². The number of ether oxygens (including phenoxy) is 2. The third kappa shape index (κ3) is 5.00. The topological polar surface area (TPSA) is 109 Å². The normalized spacial score (nSPS) is 27.1. The number of halogens is 1. The van der Waals surface area contributed by atoms with Gasteiger partial charge in [-0.25, -0.2) is 4.39 Å². The first-order valence-electron chi connectivity index (χ1n) is 16.6. The van der Waals surface area contributed by atoms with Gasteiger partial charge >= 0.3 is 6.01 Å². The monoisotopic (exact) mass is 631 g/mol. The molecule has 1 N–H and O–H groups in total. The van der Waals surface area contributed by atoms with Crippen LogP contribution in [0.3, 0.4) is 0 Å². The van der Waals surface area contributed by atoms with Crippen molar-refractivity contribution in [2.45, 2.75) is 88.4 Å². The molecule has 2 fully saturated rings. The molecule has 2 aromatic heterocycles. The van der Waals surface area contributed by atoms with Crippen LogP contribution in [-0.4, -0.2) is 92.6 Å². The van der Waals surface area contributed by atoms with Gasteiger partial charge in [0.1, 0.15) is 24.3 Å². The summed E-state index contributed by atoms with van der Waals surface area (Å²) >= 11 is 0. The van der Waals surface area contributed by atoms with Crippen LogP contribution in [0.5, 0.6) is 11.8 Å². The number of aromatic nitrogens is 4. The van der Waals surface area contributed by atoms with E-state index in [9.17, 15) is 14.3 Å². The van der Waals surface area contributed by atoms with Crippen molar-refractivity contribution in [2.24, 2.45) is 0 Å². The van der Waals surface area contributed by atoms with E-state index in [0.29, 0.717) is 57.4 Å². The average molecular weight is 632 g/mol. The van der Waals surface area contributed by atoms with Gasteiger partial charge in [-0.15, -0.1) is 0 Å². The molecule has 6 heterocycles. The standard InChI is InChI=1S/C34H42FN7O4/c1-39(2)31(44)28-14-24-19-40(11-5-13-42(24)38-28)30-26-20-46-34(10-3-6-22-7-8-25(43)15-27(22)34)17-29(26)36-32(37-30)45-21-33-9-4-12-41(33)18-23(35)16-33/h7-8,14-15,23,43H,3-6,9-13,16-21H2,1-2H3/t23-,33+,34-/m1/s1. The van der Waals surface area contributed by atoms with Gasteiger partial charge in [0.15, 0.2) is 5.69 Å². The molecule has 1 aliphatic carbocycles. The average Bonchev–Trinajstić information content (AvgIpc) is 3.66. The molecule has 12 heteroatoms.